The van der Waals surface area contributed by atoms with Gasteiger partial charge in [-0.2, -0.15) is 30.7 Å². The standard InChI is InChI=1S/C26H18F10N2O4/c27-17-8-16(9-18(11-17)40-25(33,34)21(28)29)23(12-14-4-2-1-3-5-14,38-22(39)37-13-24(30,31)32)15-6-7-19-20(10-15)42-26(35,36)41-19/h1-11,21H,12-13H2,(H2,37,38,39). The zero-order chi connectivity index (χ0) is 30.9. The van der Waals surface area contributed by atoms with Crippen LogP contribution in [0.2, 0.25) is 0 Å². The molecule has 0 bridgehead atoms. The molecule has 42 heavy (non-hydrogen) atoms. The highest BCUT2D eigenvalue weighted by atomic mass is 19.4. The van der Waals surface area contributed by atoms with Crippen molar-refractivity contribution in [2.45, 2.75) is 37.0 Å². The van der Waals surface area contributed by atoms with E-state index in [9.17, 15) is 48.7 Å². The average molecular weight is 612 g/mol. The van der Waals surface area contributed by atoms with Gasteiger partial charge in [0.2, 0.25) is 0 Å². The molecule has 4 rings (SSSR count). The smallest absolute Gasteiger partial charge is 0.428 e. The summed E-state index contributed by atoms with van der Waals surface area (Å²) in [7, 11) is 0. The lowest BCUT2D eigenvalue weighted by Crippen LogP contribution is -2.53. The summed E-state index contributed by atoms with van der Waals surface area (Å²) in [6.07, 6.45) is -18.9. The minimum Gasteiger partial charge on any atom is -0.428 e. The van der Waals surface area contributed by atoms with Crippen molar-refractivity contribution in [3.05, 3.63) is 89.2 Å². The van der Waals surface area contributed by atoms with Crippen molar-refractivity contribution in [3.8, 4) is 17.2 Å². The van der Waals surface area contributed by atoms with Crippen molar-refractivity contribution in [1.82, 2.24) is 10.6 Å². The Balaban J connectivity index is 1.92. The molecule has 3 aromatic carbocycles. The molecule has 16 heteroatoms. The van der Waals surface area contributed by atoms with E-state index in [1.54, 1.807) is 11.4 Å². The number of hydrogen-bond acceptors (Lipinski definition) is 4. The number of hydrogen-bond donors (Lipinski definition) is 2. The molecule has 0 saturated heterocycles. The summed E-state index contributed by atoms with van der Waals surface area (Å²) < 4.78 is 147. The minimum absolute atomic E-state index is 0.231. The fourth-order valence-electron chi connectivity index (χ4n) is 4.16. The molecule has 6 nitrogen and oxygen atoms in total. The van der Waals surface area contributed by atoms with E-state index in [-0.39, 0.29) is 5.56 Å². The molecule has 1 aliphatic rings. The molecule has 0 saturated carbocycles. The maximum absolute atomic E-state index is 14.8. The first-order valence-electron chi connectivity index (χ1n) is 11.7. The Bertz CT molecular complexity index is 1440. The second-order valence-electron chi connectivity index (χ2n) is 8.96. The number of carbonyl (C=O) groups excluding carboxylic acids is 1. The predicted octanol–water partition coefficient (Wildman–Crippen LogP) is 6.73. The molecule has 2 amide bonds. The fourth-order valence-corrected chi connectivity index (χ4v) is 4.16. The molecule has 226 valence electrons. The van der Waals surface area contributed by atoms with Crippen molar-refractivity contribution in [2.24, 2.45) is 0 Å². The van der Waals surface area contributed by atoms with E-state index < -0.39 is 78.2 Å². The first-order valence-corrected chi connectivity index (χ1v) is 11.7. The number of urea groups is 1. The summed E-state index contributed by atoms with van der Waals surface area (Å²) in [6.45, 7) is -1.83. The lowest BCUT2D eigenvalue weighted by atomic mass is 9.77. The average Bonchev–Trinajstić information content (AvgIpc) is 3.19. The number of halogens is 10. The fraction of sp³-hybridized carbons (Fsp3) is 0.269. The Labute approximate surface area is 230 Å². The van der Waals surface area contributed by atoms with Gasteiger partial charge in [-0.3, -0.25) is 0 Å². The predicted molar refractivity (Wildman–Crippen MR) is 124 cm³/mol. The van der Waals surface area contributed by atoms with E-state index in [0.717, 1.165) is 18.2 Å². The molecule has 0 aromatic heterocycles. The number of fused-ring (bicyclic) bond motifs is 1. The third-order valence-electron chi connectivity index (χ3n) is 5.85. The Morgan fingerprint density at radius 1 is 0.881 bits per heavy atom. The summed E-state index contributed by atoms with van der Waals surface area (Å²) >= 11 is 0. The van der Waals surface area contributed by atoms with Crippen molar-refractivity contribution in [1.29, 1.82) is 0 Å². The number of benzene rings is 3. The monoisotopic (exact) mass is 612 g/mol. The highest BCUT2D eigenvalue weighted by Gasteiger charge is 2.47. The molecule has 0 radical (unpaired) electrons. The van der Waals surface area contributed by atoms with Crippen LogP contribution in [0.5, 0.6) is 17.2 Å². The van der Waals surface area contributed by atoms with Crippen LogP contribution in [0.4, 0.5) is 48.7 Å². The van der Waals surface area contributed by atoms with E-state index in [4.69, 9.17) is 0 Å². The normalized spacial score (nSPS) is 15.7. The van der Waals surface area contributed by atoms with Gasteiger partial charge in [0.25, 0.3) is 0 Å². The summed E-state index contributed by atoms with van der Waals surface area (Å²) in [5, 5.41) is 3.80. The largest absolute Gasteiger partial charge is 0.586 e. The van der Waals surface area contributed by atoms with Crippen molar-refractivity contribution >= 4 is 6.03 Å². The van der Waals surface area contributed by atoms with Gasteiger partial charge in [0.05, 0.1) is 5.54 Å². The third kappa shape index (κ3) is 7.09. The maximum Gasteiger partial charge on any atom is 0.586 e. The second kappa shape index (κ2) is 11.1. The quantitative estimate of drug-likeness (QED) is 0.263. The van der Waals surface area contributed by atoms with Crippen LogP contribution < -0.4 is 24.8 Å². The molecular weight excluding hydrogens is 594 g/mol. The highest BCUT2D eigenvalue weighted by molar-refractivity contribution is 5.76. The third-order valence-corrected chi connectivity index (χ3v) is 5.85. The lowest BCUT2D eigenvalue weighted by molar-refractivity contribution is -0.286. The molecule has 3 aromatic rings. The van der Waals surface area contributed by atoms with E-state index in [1.165, 1.54) is 24.3 Å². The number of rotatable bonds is 9. The van der Waals surface area contributed by atoms with E-state index in [0.29, 0.717) is 23.8 Å². The Morgan fingerprint density at radius 3 is 2.19 bits per heavy atom. The van der Waals surface area contributed by atoms with Gasteiger partial charge in [-0.05, 0) is 41.0 Å². The minimum atomic E-state index is -5.09. The maximum atomic E-state index is 14.8. The summed E-state index contributed by atoms with van der Waals surface area (Å²) in [5.41, 5.74) is -2.65. The Hall–Kier alpha value is -4.37. The van der Waals surface area contributed by atoms with Gasteiger partial charge in [0.15, 0.2) is 11.5 Å². The van der Waals surface area contributed by atoms with E-state index in [2.05, 4.69) is 19.5 Å². The van der Waals surface area contributed by atoms with Crippen LogP contribution in [0.1, 0.15) is 16.7 Å². The van der Waals surface area contributed by atoms with Gasteiger partial charge >= 0.3 is 31.0 Å². The van der Waals surface area contributed by atoms with Gasteiger partial charge in [0, 0.05) is 12.5 Å². The van der Waals surface area contributed by atoms with E-state index >= 15 is 0 Å². The van der Waals surface area contributed by atoms with Crippen LogP contribution in [-0.4, -0.2) is 37.6 Å². The first-order chi connectivity index (χ1) is 19.5. The first kappa shape index (κ1) is 30.6. The molecule has 0 spiro atoms. The number of ether oxygens (including phenoxy) is 3. The number of nitrogens with one attached hydrogen (secondary N) is 2. The van der Waals surface area contributed by atoms with Crippen LogP contribution in [-0.2, 0) is 12.0 Å². The van der Waals surface area contributed by atoms with Crippen molar-refractivity contribution in [3.63, 3.8) is 0 Å². The van der Waals surface area contributed by atoms with Crippen LogP contribution in [0.25, 0.3) is 0 Å². The van der Waals surface area contributed by atoms with Gasteiger partial charge in [-0.15, -0.1) is 8.78 Å². The van der Waals surface area contributed by atoms with Crippen LogP contribution in [0.15, 0.2) is 66.7 Å². The Morgan fingerprint density at radius 2 is 1.55 bits per heavy atom. The van der Waals surface area contributed by atoms with E-state index in [1.807, 2.05) is 0 Å². The van der Waals surface area contributed by atoms with Crippen molar-refractivity contribution < 1.29 is 62.9 Å². The summed E-state index contributed by atoms with van der Waals surface area (Å²) in [5.74, 6) is -3.55. The topological polar surface area (TPSA) is 68.8 Å². The van der Waals surface area contributed by atoms with Crippen LogP contribution >= 0.6 is 0 Å². The molecule has 0 aliphatic carbocycles. The lowest BCUT2D eigenvalue weighted by Gasteiger charge is -2.37. The molecular formula is C26H18F10N2O4. The molecule has 2 N–H and O–H groups in total. The number of amides is 2. The molecule has 0 fully saturated rings. The molecule has 1 heterocycles. The SMILES string of the molecule is O=C(NCC(F)(F)F)NC(Cc1ccccc1)(c1cc(F)cc(OC(F)(F)C(F)F)c1)c1ccc2c(c1)OC(F)(F)O2. The van der Waals surface area contributed by atoms with Crippen LogP contribution in [0, 0.1) is 5.82 Å². The van der Waals surface area contributed by atoms with Crippen LogP contribution in [0.3, 0.4) is 0 Å². The van der Waals surface area contributed by atoms with Gasteiger partial charge in [-0.1, -0.05) is 36.4 Å². The zero-order valence-corrected chi connectivity index (χ0v) is 20.8. The van der Waals surface area contributed by atoms with Gasteiger partial charge in [0.1, 0.15) is 18.1 Å². The zero-order valence-electron chi connectivity index (χ0n) is 20.8. The molecule has 1 unspecified atom stereocenters. The summed E-state index contributed by atoms with van der Waals surface area (Å²) in [4.78, 5) is 12.8. The summed E-state index contributed by atoms with van der Waals surface area (Å²) in [6, 6.07) is 10.7. The molecule has 1 atom stereocenters. The van der Waals surface area contributed by atoms with Gasteiger partial charge < -0.3 is 24.8 Å². The number of carbonyl (C=O) groups is 1. The second-order valence-corrected chi connectivity index (χ2v) is 8.96. The highest BCUT2D eigenvalue weighted by Crippen LogP contribution is 2.45. The van der Waals surface area contributed by atoms with Gasteiger partial charge in [-0.25, -0.2) is 9.18 Å². The number of alkyl halides is 9. The Kier molecular flexibility index (Phi) is 8.11. The molecule has 1 aliphatic heterocycles. The van der Waals surface area contributed by atoms with Crippen molar-refractivity contribution in [2.75, 3.05) is 6.54 Å².